The molecule has 2 aromatic rings. The van der Waals surface area contributed by atoms with Gasteiger partial charge in [-0.25, -0.2) is 14.6 Å². The normalized spacial score (nSPS) is 10.2. The Hall–Kier alpha value is -2.47. The van der Waals surface area contributed by atoms with Crippen LogP contribution in [0.5, 0.6) is 0 Å². The van der Waals surface area contributed by atoms with Gasteiger partial charge in [0.1, 0.15) is 10.7 Å². The summed E-state index contributed by atoms with van der Waals surface area (Å²) >= 11 is 5.74. The van der Waals surface area contributed by atoms with Gasteiger partial charge in [-0.1, -0.05) is 11.6 Å². The van der Waals surface area contributed by atoms with Crippen molar-refractivity contribution in [1.82, 2.24) is 9.97 Å². The fourth-order valence-electron chi connectivity index (χ4n) is 1.63. The first-order valence-corrected chi connectivity index (χ1v) is 5.46. The van der Waals surface area contributed by atoms with Crippen LogP contribution in [0.2, 0.25) is 5.15 Å². The highest BCUT2D eigenvalue weighted by molar-refractivity contribution is 6.33. The highest BCUT2D eigenvalue weighted by Crippen LogP contribution is 2.28. The van der Waals surface area contributed by atoms with Crippen molar-refractivity contribution in [3.05, 3.63) is 46.9 Å². The van der Waals surface area contributed by atoms with Gasteiger partial charge < -0.3 is 10.2 Å². The van der Waals surface area contributed by atoms with Gasteiger partial charge in [0.15, 0.2) is 0 Å². The van der Waals surface area contributed by atoms with Crippen LogP contribution in [-0.4, -0.2) is 32.1 Å². The molecule has 0 atom stereocenters. The number of nitrogens with zero attached hydrogens (tertiary/aromatic N) is 2. The zero-order valence-corrected chi connectivity index (χ0v) is 10.1. The molecule has 0 aromatic carbocycles. The smallest absolute Gasteiger partial charge is 0.339 e. The van der Waals surface area contributed by atoms with E-state index in [0.29, 0.717) is 0 Å². The minimum atomic E-state index is -1.30. The second-order valence-electron chi connectivity index (χ2n) is 3.53. The third-order valence-corrected chi connectivity index (χ3v) is 2.70. The molecular weight excluding hydrogens is 272 g/mol. The van der Waals surface area contributed by atoms with Crippen LogP contribution in [-0.2, 0) is 0 Å². The van der Waals surface area contributed by atoms with Crippen LogP contribution in [0.3, 0.4) is 0 Å². The standard InChI is InChI=1S/C12H7ClN2O4/c13-10-8(12(18)19)6(3-5-15-10)9-7(11(16)17)2-1-4-14-9/h1-5H,(H,16,17)(H,18,19). The zero-order valence-electron chi connectivity index (χ0n) is 9.37. The molecule has 2 N–H and O–H groups in total. The summed E-state index contributed by atoms with van der Waals surface area (Å²) in [5.74, 6) is -2.50. The fourth-order valence-corrected chi connectivity index (χ4v) is 1.87. The maximum atomic E-state index is 11.2. The van der Waals surface area contributed by atoms with Crippen molar-refractivity contribution in [2.75, 3.05) is 0 Å². The summed E-state index contributed by atoms with van der Waals surface area (Å²) in [4.78, 5) is 29.9. The Morgan fingerprint density at radius 3 is 2.42 bits per heavy atom. The third kappa shape index (κ3) is 2.38. The van der Waals surface area contributed by atoms with E-state index >= 15 is 0 Å². The Kier molecular flexibility index (Phi) is 3.43. The molecule has 0 aliphatic rings. The Morgan fingerprint density at radius 2 is 1.79 bits per heavy atom. The monoisotopic (exact) mass is 278 g/mol. The highest BCUT2D eigenvalue weighted by Gasteiger charge is 2.21. The molecule has 0 spiro atoms. The van der Waals surface area contributed by atoms with E-state index in [-0.39, 0.29) is 27.5 Å². The highest BCUT2D eigenvalue weighted by atomic mass is 35.5. The average molecular weight is 279 g/mol. The van der Waals surface area contributed by atoms with Crippen molar-refractivity contribution < 1.29 is 19.8 Å². The number of aromatic nitrogens is 2. The lowest BCUT2D eigenvalue weighted by Crippen LogP contribution is -2.07. The van der Waals surface area contributed by atoms with Gasteiger partial charge in [-0.3, -0.25) is 4.98 Å². The predicted octanol–water partition coefficient (Wildman–Crippen LogP) is 2.19. The summed E-state index contributed by atoms with van der Waals surface area (Å²) in [5, 5.41) is 18.0. The quantitative estimate of drug-likeness (QED) is 0.835. The molecule has 6 nitrogen and oxygen atoms in total. The van der Waals surface area contributed by atoms with Gasteiger partial charge in [0, 0.05) is 18.0 Å². The van der Waals surface area contributed by atoms with E-state index in [1.807, 2.05) is 0 Å². The number of aromatic carboxylic acids is 2. The number of halogens is 1. The van der Waals surface area contributed by atoms with Gasteiger partial charge in [0.25, 0.3) is 0 Å². The summed E-state index contributed by atoms with van der Waals surface area (Å²) in [7, 11) is 0. The van der Waals surface area contributed by atoms with Gasteiger partial charge >= 0.3 is 11.9 Å². The Labute approximate surface area is 112 Å². The summed E-state index contributed by atoms with van der Waals surface area (Å²) in [5.41, 5.74) is -0.222. The molecule has 2 aromatic heterocycles. The van der Waals surface area contributed by atoms with Gasteiger partial charge in [-0.15, -0.1) is 0 Å². The number of carbonyl (C=O) groups is 2. The lowest BCUT2D eigenvalue weighted by molar-refractivity contribution is 0.0684. The Bertz CT molecular complexity index is 673. The van der Waals surface area contributed by atoms with Gasteiger partial charge in [0.2, 0.25) is 0 Å². The van der Waals surface area contributed by atoms with Crippen molar-refractivity contribution in [2.45, 2.75) is 0 Å². The van der Waals surface area contributed by atoms with Gasteiger partial charge in [-0.2, -0.15) is 0 Å². The van der Waals surface area contributed by atoms with Crippen LogP contribution in [0, 0.1) is 0 Å². The van der Waals surface area contributed by atoms with Crippen LogP contribution in [0.1, 0.15) is 20.7 Å². The van der Waals surface area contributed by atoms with Crippen LogP contribution >= 0.6 is 11.6 Å². The van der Waals surface area contributed by atoms with E-state index in [1.54, 1.807) is 0 Å². The SMILES string of the molecule is O=C(O)c1cccnc1-c1ccnc(Cl)c1C(=O)O. The molecule has 0 saturated carbocycles. The summed E-state index contributed by atoms with van der Waals surface area (Å²) in [6, 6.07) is 4.16. The van der Waals surface area contributed by atoms with Crippen LogP contribution in [0.15, 0.2) is 30.6 Å². The van der Waals surface area contributed by atoms with E-state index in [9.17, 15) is 9.59 Å². The van der Waals surface area contributed by atoms with Crippen molar-refractivity contribution >= 4 is 23.5 Å². The fraction of sp³-hybridized carbons (Fsp3) is 0. The molecule has 7 heteroatoms. The van der Waals surface area contributed by atoms with Crippen LogP contribution < -0.4 is 0 Å². The van der Waals surface area contributed by atoms with E-state index in [2.05, 4.69) is 9.97 Å². The number of hydrogen-bond donors (Lipinski definition) is 2. The van der Waals surface area contributed by atoms with Crippen molar-refractivity contribution in [3.63, 3.8) is 0 Å². The lowest BCUT2D eigenvalue weighted by Gasteiger charge is -2.08. The van der Waals surface area contributed by atoms with Gasteiger partial charge in [-0.05, 0) is 18.2 Å². The molecule has 2 rings (SSSR count). The number of carboxylic acids is 2. The molecule has 0 aliphatic carbocycles. The molecule has 0 bridgehead atoms. The van der Waals surface area contributed by atoms with E-state index in [1.165, 1.54) is 30.6 Å². The first-order valence-electron chi connectivity index (χ1n) is 5.09. The number of hydrogen-bond acceptors (Lipinski definition) is 4. The molecule has 19 heavy (non-hydrogen) atoms. The molecule has 0 saturated heterocycles. The van der Waals surface area contributed by atoms with E-state index in [0.717, 1.165) is 0 Å². The molecule has 0 radical (unpaired) electrons. The largest absolute Gasteiger partial charge is 0.478 e. The van der Waals surface area contributed by atoms with E-state index < -0.39 is 11.9 Å². The predicted molar refractivity (Wildman–Crippen MR) is 66.4 cm³/mol. The van der Waals surface area contributed by atoms with Crippen molar-refractivity contribution in [2.24, 2.45) is 0 Å². The third-order valence-electron chi connectivity index (χ3n) is 2.41. The minimum Gasteiger partial charge on any atom is -0.478 e. The van der Waals surface area contributed by atoms with Gasteiger partial charge in [0.05, 0.1) is 11.3 Å². The number of rotatable bonds is 3. The minimum absolute atomic E-state index is 0.0386. The summed E-state index contributed by atoms with van der Waals surface area (Å²) in [6.07, 6.45) is 2.67. The first kappa shape index (κ1) is 13.0. The first-order chi connectivity index (χ1) is 9.02. The number of pyridine rings is 2. The van der Waals surface area contributed by atoms with Crippen LogP contribution in [0.4, 0.5) is 0 Å². The topological polar surface area (TPSA) is 100 Å². The molecule has 2 heterocycles. The zero-order chi connectivity index (χ0) is 14.0. The van der Waals surface area contributed by atoms with E-state index in [4.69, 9.17) is 21.8 Å². The maximum Gasteiger partial charge on any atom is 0.339 e. The van der Waals surface area contributed by atoms with Crippen molar-refractivity contribution in [1.29, 1.82) is 0 Å². The molecular formula is C12H7ClN2O4. The Balaban J connectivity index is 2.76. The second-order valence-corrected chi connectivity index (χ2v) is 3.89. The Morgan fingerprint density at radius 1 is 1.05 bits per heavy atom. The van der Waals surface area contributed by atoms with Crippen LogP contribution in [0.25, 0.3) is 11.3 Å². The summed E-state index contributed by atoms with van der Waals surface area (Å²) in [6.45, 7) is 0. The average Bonchev–Trinajstić information content (AvgIpc) is 2.37. The number of carboxylic acid groups (broad SMARTS) is 2. The van der Waals surface area contributed by atoms with Crippen molar-refractivity contribution in [3.8, 4) is 11.3 Å². The molecule has 0 amide bonds. The lowest BCUT2D eigenvalue weighted by atomic mass is 10.0. The summed E-state index contributed by atoms with van der Waals surface area (Å²) < 4.78 is 0. The molecule has 0 aliphatic heterocycles. The molecule has 96 valence electrons. The second kappa shape index (κ2) is 5.03. The molecule has 0 unspecified atom stereocenters. The maximum absolute atomic E-state index is 11.2. The molecule has 0 fully saturated rings.